The highest BCUT2D eigenvalue weighted by molar-refractivity contribution is 5.98. The van der Waals surface area contributed by atoms with Crippen LogP contribution in [0.2, 0.25) is 0 Å². The maximum absolute atomic E-state index is 14.2. The summed E-state index contributed by atoms with van der Waals surface area (Å²) >= 11 is 0. The first-order valence-electron chi connectivity index (χ1n) is 10.8. The van der Waals surface area contributed by atoms with Gasteiger partial charge in [0.15, 0.2) is 17.7 Å². The average Bonchev–Trinajstić information content (AvgIpc) is 3.20. The van der Waals surface area contributed by atoms with Crippen LogP contribution >= 0.6 is 0 Å². The Balaban J connectivity index is 1.50. The molecule has 1 atom stereocenters. The topological polar surface area (TPSA) is 119 Å². The van der Waals surface area contributed by atoms with Gasteiger partial charge in [0, 0.05) is 32.7 Å². The summed E-state index contributed by atoms with van der Waals surface area (Å²) in [7, 11) is 1.60. The Bertz CT molecular complexity index is 1140. The summed E-state index contributed by atoms with van der Waals surface area (Å²) < 4.78 is 26.3. The van der Waals surface area contributed by atoms with E-state index in [2.05, 4.69) is 26.0 Å². The van der Waals surface area contributed by atoms with Crippen molar-refractivity contribution in [1.82, 2.24) is 30.5 Å². The van der Waals surface area contributed by atoms with Crippen LogP contribution in [-0.2, 0) is 9.47 Å². The Hall–Kier alpha value is -3.47. The number of hydrogen-bond acceptors (Lipinski definition) is 7. The minimum absolute atomic E-state index is 0.0375. The molecule has 2 aromatic rings. The molecule has 1 aliphatic heterocycles. The number of aromatic nitrogens is 3. The predicted molar refractivity (Wildman–Crippen MR) is 117 cm³/mol. The Labute approximate surface area is 190 Å². The standard InChI is InChI=1S/C22H27FN6O4/c1-12(2)8-24-22(31)17-7-16(28-20-14(23)10-26-29(17)20)21(30)25-9-13-4-5-18-15(6-13)27-19(32-3)11-33-18/h6-7,10,12,19,27H,4-5,8-9,11H2,1-3H3,(H,24,31)(H,25,30). The van der Waals surface area contributed by atoms with Crippen LogP contribution in [-0.4, -0.2) is 59.4 Å². The fourth-order valence-electron chi connectivity index (χ4n) is 3.58. The van der Waals surface area contributed by atoms with Gasteiger partial charge >= 0.3 is 0 Å². The molecule has 0 aromatic carbocycles. The van der Waals surface area contributed by atoms with E-state index < -0.39 is 17.6 Å². The maximum atomic E-state index is 14.2. The van der Waals surface area contributed by atoms with Gasteiger partial charge in [0.1, 0.15) is 23.8 Å². The van der Waals surface area contributed by atoms with E-state index in [1.54, 1.807) is 7.11 Å². The van der Waals surface area contributed by atoms with Crippen LogP contribution in [0.1, 0.15) is 47.7 Å². The predicted octanol–water partition coefficient (Wildman–Crippen LogP) is 1.51. The molecule has 0 bridgehead atoms. The summed E-state index contributed by atoms with van der Waals surface area (Å²) in [6.45, 7) is 5.07. The molecule has 0 fully saturated rings. The number of allylic oxidation sites excluding steroid dienone is 2. The Morgan fingerprint density at radius 2 is 2.15 bits per heavy atom. The van der Waals surface area contributed by atoms with Gasteiger partial charge in [-0.2, -0.15) is 5.10 Å². The van der Waals surface area contributed by atoms with Crippen LogP contribution in [0.15, 0.2) is 35.4 Å². The number of ether oxygens (including phenoxy) is 2. The van der Waals surface area contributed by atoms with E-state index in [-0.39, 0.29) is 35.7 Å². The lowest BCUT2D eigenvalue weighted by molar-refractivity contribution is -0.000371. The number of methoxy groups -OCH3 is 1. The Kier molecular flexibility index (Phi) is 6.59. The number of carbonyl (C=O) groups excluding carboxylic acids is 2. The van der Waals surface area contributed by atoms with Crippen LogP contribution in [0.5, 0.6) is 0 Å². The molecule has 33 heavy (non-hydrogen) atoms. The second kappa shape index (κ2) is 9.57. The number of fused-ring (bicyclic) bond motifs is 1. The molecule has 2 aliphatic rings. The molecule has 3 heterocycles. The molecule has 0 spiro atoms. The third kappa shape index (κ3) is 4.98. The van der Waals surface area contributed by atoms with E-state index in [0.29, 0.717) is 19.6 Å². The molecule has 0 radical (unpaired) electrons. The van der Waals surface area contributed by atoms with E-state index in [4.69, 9.17) is 9.47 Å². The van der Waals surface area contributed by atoms with Gasteiger partial charge in [0.25, 0.3) is 11.8 Å². The number of carbonyl (C=O) groups is 2. The van der Waals surface area contributed by atoms with Crippen molar-refractivity contribution >= 4 is 17.5 Å². The van der Waals surface area contributed by atoms with Crippen LogP contribution < -0.4 is 16.0 Å². The smallest absolute Gasteiger partial charge is 0.270 e. The number of nitrogens with one attached hydrogen (secondary N) is 3. The van der Waals surface area contributed by atoms with E-state index in [0.717, 1.165) is 34.2 Å². The normalized spacial score (nSPS) is 17.8. The summed E-state index contributed by atoms with van der Waals surface area (Å²) in [6, 6.07) is 1.32. The molecule has 1 aliphatic carbocycles. The van der Waals surface area contributed by atoms with Crippen molar-refractivity contribution < 1.29 is 23.5 Å². The van der Waals surface area contributed by atoms with Gasteiger partial charge in [-0.15, -0.1) is 0 Å². The first-order chi connectivity index (χ1) is 15.9. The number of amides is 2. The zero-order valence-electron chi connectivity index (χ0n) is 18.8. The first kappa shape index (κ1) is 22.7. The van der Waals surface area contributed by atoms with Gasteiger partial charge in [-0.05, 0) is 24.0 Å². The lowest BCUT2D eigenvalue weighted by atomic mass is 10.0. The number of nitrogens with zero attached hydrogens (tertiary/aromatic N) is 3. The summed E-state index contributed by atoms with van der Waals surface area (Å²) in [6.07, 6.45) is 4.11. The SMILES string of the molecule is COC1COC2=C(C=C(CNC(=O)c3cc(C(=O)NCC(C)C)n4ncc(F)c4n3)CC2)N1. The summed E-state index contributed by atoms with van der Waals surface area (Å²) in [4.78, 5) is 29.5. The monoisotopic (exact) mass is 458 g/mol. The van der Waals surface area contributed by atoms with E-state index in [1.807, 2.05) is 19.9 Å². The zero-order chi connectivity index (χ0) is 23.5. The molecule has 176 valence electrons. The molecule has 1 unspecified atom stereocenters. The molecule has 0 saturated heterocycles. The van der Waals surface area contributed by atoms with Crippen molar-refractivity contribution in [2.45, 2.75) is 32.9 Å². The minimum Gasteiger partial charge on any atom is -0.491 e. The van der Waals surface area contributed by atoms with E-state index in [9.17, 15) is 14.0 Å². The van der Waals surface area contributed by atoms with Gasteiger partial charge in [0.05, 0.1) is 11.9 Å². The zero-order valence-corrected chi connectivity index (χ0v) is 18.8. The lowest BCUT2D eigenvalue weighted by Gasteiger charge is -2.30. The largest absolute Gasteiger partial charge is 0.491 e. The third-order valence-corrected chi connectivity index (χ3v) is 5.37. The van der Waals surface area contributed by atoms with Gasteiger partial charge in [-0.1, -0.05) is 13.8 Å². The molecule has 10 nitrogen and oxygen atoms in total. The van der Waals surface area contributed by atoms with Crippen molar-refractivity contribution in [2.75, 3.05) is 26.8 Å². The molecule has 4 rings (SSSR count). The highest BCUT2D eigenvalue weighted by Gasteiger charge is 2.24. The quantitative estimate of drug-likeness (QED) is 0.575. The van der Waals surface area contributed by atoms with Crippen molar-refractivity contribution in [3.63, 3.8) is 0 Å². The molecule has 11 heteroatoms. The van der Waals surface area contributed by atoms with Gasteiger partial charge < -0.3 is 25.4 Å². The molecule has 3 N–H and O–H groups in total. The number of rotatable bonds is 7. The number of hydrogen-bond donors (Lipinski definition) is 3. The summed E-state index contributed by atoms with van der Waals surface area (Å²) in [5.41, 5.74) is 1.62. The Morgan fingerprint density at radius 1 is 1.33 bits per heavy atom. The highest BCUT2D eigenvalue weighted by atomic mass is 19.1. The van der Waals surface area contributed by atoms with Crippen LogP contribution in [0, 0.1) is 11.7 Å². The fourth-order valence-corrected chi connectivity index (χ4v) is 3.58. The van der Waals surface area contributed by atoms with Crippen molar-refractivity contribution in [2.24, 2.45) is 5.92 Å². The summed E-state index contributed by atoms with van der Waals surface area (Å²) in [5, 5.41) is 12.7. The highest BCUT2D eigenvalue weighted by Crippen LogP contribution is 2.26. The number of halogens is 1. The second-order valence-electron chi connectivity index (χ2n) is 8.36. The maximum Gasteiger partial charge on any atom is 0.270 e. The molecule has 2 aromatic heterocycles. The van der Waals surface area contributed by atoms with Crippen LogP contribution in [0.25, 0.3) is 5.65 Å². The fraction of sp³-hybridized carbons (Fsp3) is 0.455. The minimum atomic E-state index is -0.715. The van der Waals surface area contributed by atoms with Crippen molar-refractivity contribution in [3.05, 3.63) is 52.6 Å². The molecular weight excluding hydrogens is 431 g/mol. The van der Waals surface area contributed by atoms with Crippen LogP contribution in [0.4, 0.5) is 4.39 Å². The van der Waals surface area contributed by atoms with Gasteiger partial charge in [-0.3, -0.25) is 9.59 Å². The first-order valence-corrected chi connectivity index (χ1v) is 10.8. The van der Waals surface area contributed by atoms with Gasteiger partial charge in [0.2, 0.25) is 0 Å². The summed E-state index contributed by atoms with van der Waals surface area (Å²) in [5.74, 6) is -0.587. The van der Waals surface area contributed by atoms with Gasteiger partial charge in [-0.25, -0.2) is 13.9 Å². The molecule has 0 saturated carbocycles. The molecule has 2 amide bonds. The third-order valence-electron chi connectivity index (χ3n) is 5.37. The average molecular weight is 458 g/mol. The van der Waals surface area contributed by atoms with Crippen molar-refractivity contribution in [1.29, 1.82) is 0 Å². The van der Waals surface area contributed by atoms with Crippen LogP contribution in [0.3, 0.4) is 0 Å². The van der Waals surface area contributed by atoms with E-state index >= 15 is 0 Å². The molecular formula is C22H27FN6O4. The van der Waals surface area contributed by atoms with E-state index in [1.165, 1.54) is 6.07 Å². The van der Waals surface area contributed by atoms with Crippen molar-refractivity contribution in [3.8, 4) is 0 Å². The second-order valence-corrected chi connectivity index (χ2v) is 8.36. The lowest BCUT2D eigenvalue weighted by Crippen LogP contribution is -2.40. The Morgan fingerprint density at radius 3 is 2.91 bits per heavy atom.